The van der Waals surface area contributed by atoms with Crippen LogP contribution in [0.25, 0.3) is 0 Å². The smallest absolute Gasteiger partial charge is 0.407 e. The lowest BCUT2D eigenvalue weighted by atomic mass is 10.1. The van der Waals surface area contributed by atoms with E-state index in [9.17, 15) is 17.6 Å². The van der Waals surface area contributed by atoms with E-state index in [2.05, 4.69) is 0 Å². The van der Waals surface area contributed by atoms with Crippen LogP contribution in [0.5, 0.6) is 11.5 Å². The van der Waals surface area contributed by atoms with Crippen LogP contribution in [0.1, 0.15) is 11.6 Å². The summed E-state index contributed by atoms with van der Waals surface area (Å²) in [6, 6.07) is -0.714. The second-order valence-electron chi connectivity index (χ2n) is 3.25. The van der Waals surface area contributed by atoms with Crippen LogP contribution >= 0.6 is 0 Å². The minimum Gasteiger partial charge on any atom is -0.493 e. The zero-order valence-corrected chi connectivity index (χ0v) is 9.14. The van der Waals surface area contributed by atoms with Gasteiger partial charge in [-0.1, -0.05) is 0 Å². The van der Waals surface area contributed by atoms with Gasteiger partial charge in [-0.25, -0.2) is 4.39 Å². The number of hydrogen-bond acceptors (Lipinski definition) is 3. The van der Waals surface area contributed by atoms with E-state index in [-0.39, 0.29) is 11.5 Å². The van der Waals surface area contributed by atoms with Gasteiger partial charge in [0, 0.05) is 11.6 Å². The molecule has 0 heterocycles. The van der Waals surface area contributed by atoms with Crippen molar-refractivity contribution in [1.82, 2.24) is 0 Å². The van der Waals surface area contributed by atoms with Crippen molar-refractivity contribution < 1.29 is 27.0 Å². The molecule has 0 saturated carbocycles. The minimum atomic E-state index is -4.72. The highest BCUT2D eigenvalue weighted by atomic mass is 19.4. The van der Waals surface area contributed by atoms with Gasteiger partial charge in [0.1, 0.15) is 11.9 Å². The molecular formula is C10H11F4NO2. The maximum absolute atomic E-state index is 13.4. The molecule has 96 valence electrons. The second kappa shape index (κ2) is 4.79. The highest BCUT2D eigenvalue weighted by Gasteiger charge is 2.39. The Bertz CT molecular complexity index is 406. The molecule has 0 amide bonds. The Labute approximate surface area is 95.1 Å². The molecule has 0 fully saturated rings. The first-order valence-corrected chi connectivity index (χ1v) is 4.55. The lowest BCUT2D eigenvalue weighted by Gasteiger charge is -2.18. The van der Waals surface area contributed by atoms with Crippen LogP contribution in [0.2, 0.25) is 0 Å². The Kier molecular flexibility index (Phi) is 3.82. The van der Waals surface area contributed by atoms with Gasteiger partial charge in [0.25, 0.3) is 0 Å². The number of nitrogens with two attached hydrogens (primary N) is 1. The highest BCUT2D eigenvalue weighted by molar-refractivity contribution is 5.44. The molecule has 1 atom stereocenters. The number of ether oxygens (including phenoxy) is 2. The van der Waals surface area contributed by atoms with Crippen molar-refractivity contribution in [2.75, 3.05) is 14.2 Å². The molecule has 7 heteroatoms. The maximum atomic E-state index is 13.4. The molecule has 3 nitrogen and oxygen atoms in total. The van der Waals surface area contributed by atoms with Crippen molar-refractivity contribution in [2.24, 2.45) is 5.73 Å². The molecule has 0 bridgehead atoms. The molecule has 0 aliphatic rings. The van der Waals surface area contributed by atoms with Crippen LogP contribution in [-0.4, -0.2) is 20.4 Å². The van der Waals surface area contributed by atoms with Crippen molar-refractivity contribution in [3.8, 4) is 11.5 Å². The fourth-order valence-corrected chi connectivity index (χ4v) is 1.28. The summed E-state index contributed by atoms with van der Waals surface area (Å²) < 4.78 is 60.1. The number of rotatable bonds is 3. The van der Waals surface area contributed by atoms with Crippen molar-refractivity contribution in [2.45, 2.75) is 12.2 Å². The topological polar surface area (TPSA) is 44.5 Å². The number of alkyl halides is 3. The molecule has 1 rings (SSSR count). The van der Waals surface area contributed by atoms with Gasteiger partial charge in [-0.05, 0) is 6.07 Å². The summed E-state index contributed by atoms with van der Waals surface area (Å²) in [4.78, 5) is 0. The zero-order chi connectivity index (χ0) is 13.2. The van der Waals surface area contributed by atoms with Crippen LogP contribution < -0.4 is 15.2 Å². The van der Waals surface area contributed by atoms with Crippen molar-refractivity contribution >= 4 is 0 Å². The average Bonchev–Trinajstić information content (AvgIpc) is 2.26. The van der Waals surface area contributed by atoms with Gasteiger partial charge in [-0.3, -0.25) is 0 Å². The van der Waals surface area contributed by atoms with E-state index < -0.39 is 23.6 Å². The number of halogens is 4. The summed E-state index contributed by atoms with van der Waals surface area (Å²) in [7, 11) is 2.49. The summed E-state index contributed by atoms with van der Waals surface area (Å²) in [6.07, 6.45) is -4.72. The largest absolute Gasteiger partial charge is 0.493 e. The fourth-order valence-electron chi connectivity index (χ4n) is 1.28. The van der Waals surface area contributed by atoms with Crippen LogP contribution in [-0.2, 0) is 0 Å². The molecule has 1 aromatic rings. The van der Waals surface area contributed by atoms with Gasteiger partial charge in [-0.15, -0.1) is 0 Å². The Morgan fingerprint density at radius 1 is 1.12 bits per heavy atom. The van der Waals surface area contributed by atoms with Gasteiger partial charge in [0.15, 0.2) is 11.5 Å². The standard InChI is InChI=1S/C10H11F4NO2/c1-16-7-3-5(9(15)10(12,13)14)6(11)4-8(7)17-2/h3-4,9H,15H2,1-2H3/t9-/m1/s1. The third kappa shape index (κ3) is 2.79. The first kappa shape index (κ1) is 13.6. The Morgan fingerprint density at radius 2 is 1.59 bits per heavy atom. The molecule has 0 aliphatic carbocycles. The van der Waals surface area contributed by atoms with Gasteiger partial charge in [0.2, 0.25) is 0 Å². The van der Waals surface area contributed by atoms with Crippen LogP contribution in [0, 0.1) is 5.82 Å². The Balaban J connectivity index is 3.26. The van der Waals surface area contributed by atoms with E-state index >= 15 is 0 Å². The van der Waals surface area contributed by atoms with Gasteiger partial charge in [0.05, 0.1) is 14.2 Å². The predicted molar refractivity (Wildman–Crippen MR) is 52.5 cm³/mol. The van der Waals surface area contributed by atoms with Crippen molar-refractivity contribution in [1.29, 1.82) is 0 Å². The third-order valence-corrected chi connectivity index (χ3v) is 2.19. The van der Waals surface area contributed by atoms with Crippen molar-refractivity contribution in [3.05, 3.63) is 23.5 Å². The zero-order valence-electron chi connectivity index (χ0n) is 9.14. The first-order valence-electron chi connectivity index (χ1n) is 4.55. The Hall–Kier alpha value is -1.50. The predicted octanol–water partition coefficient (Wildman–Crippen LogP) is 2.41. The van der Waals surface area contributed by atoms with Gasteiger partial charge < -0.3 is 15.2 Å². The van der Waals surface area contributed by atoms with E-state index in [0.717, 1.165) is 12.1 Å². The third-order valence-electron chi connectivity index (χ3n) is 2.19. The lowest BCUT2D eigenvalue weighted by molar-refractivity contribution is -0.149. The first-order chi connectivity index (χ1) is 7.81. The summed E-state index contributed by atoms with van der Waals surface area (Å²) in [5.74, 6) is -1.10. The summed E-state index contributed by atoms with van der Waals surface area (Å²) in [5, 5.41) is 0. The maximum Gasteiger partial charge on any atom is 0.407 e. The lowest BCUT2D eigenvalue weighted by Crippen LogP contribution is -2.29. The number of methoxy groups -OCH3 is 2. The fraction of sp³-hybridized carbons (Fsp3) is 0.400. The van der Waals surface area contributed by atoms with Crippen LogP contribution in [0.4, 0.5) is 17.6 Å². The summed E-state index contributed by atoms with van der Waals surface area (Å²) >= 11 is 0. The Morgan fingerprint density at radius 3 is 2.00 bits per heavy atom. The summed E-state index contributed by atoms with van der Waals surface area (Å²) in [5.41, 5.74) is 4.24. The molecule has 0 unspecified atom stereocenters. The van der Waals surface area contributed by atoms with E-state index in [0.29, 0.717) is 0 Å². The molecule has 0 saturated heterocycles. The molecule has 2 N–H and O–H groups in total. The van der Waals surface area contributed by atoms with Crippen LogP contribution in [0.3, 0.4) is 0 Å². The quantitative estimate of drug-likeness (QED) is 0.841. The molecule has 1 aromatic carbocycles. The van der Waals surface area contributed by atoms with Crippen molar-refractivity contribution in [3.63, 3.8) is 0 Å². The monoisotopic (exact) mass is 253 g/mol. The average molecular weight is 253 g/mol. The van der Waals surface area contributed by atoms with Crippen LogP contribution in [0.15, 0.2) is 12.1 Å². The molecule has 0 radical (unpaired) electrons. The van der Waals surface area contributed by atoms with E-state index in [1.807, 2.05) is 0 Å². The van der Waals surface area contributed by atoms with Gasteiger partial charge in [-0.2, -0.15) is 13.2 Å². The second-order valence-corrected chi connectivity index (χ2v) is 3.25. The SMILES string of the molecule is COc1cc(F)c([C@@H](N)C(F)(F)F)cc1OC. The molecule has 0 aromatic heterocycles. The summed E-state index contributed by atoms with van der Waals surface area (Å²) in [6.45, 7) is 0. The molecular weight excluding hydrogens is 242 g/mol. The van der Waals surface area contributed by atoms with E-state index in [1.165, 1.54) is 14.2 Å². The molecule has 17 heavy (non-hydrogen) atoms. The van der Waals surface area contributed by atoms with E-state index in [1.54, 1.807) is 0 Å². The number of benzene rings is 1. The van der Waals surface area contributed by atoms with E-state index in [4.69, 9.17) is 15.2 Å². The van der Waals surface area contributed by atoms with Gasteiger partial charge >= 0.3 is 6.18 Å². The normalized spacial score (nSPS) is 13.4. The minimum absolute atomic E-state index is 0.00289. The highest BCUT2D eigenvalue weighted by Crippen LogP contribution is 2.37. The molecule has 0 spiro atoms. The molecule has 0 aliphatic heterocycles. The number of hydrogen-bond donors (Lipinski definition) is 1.